The third kappa shape index (κ3) is 3.74. The van der Waals surface area contributed by atoms with E-state index in [0.29, 0.717) is 38.4 Å². The minimum Gasteiger partial charge on any atom is -0.496 e. The van der Waals surface area contributed by atoms with Crippen molar-refractivity contribution in [3.05, 3.63) is 53.0 Å². The second kappa shape index (κ2) is 7.64. The molecule has 1 aromatic carbocycles. The number of ether oxygens (including phenoxy) is 1. The Balaban J connectivity index is 1.59. The molecule has 2 heterocycles. The number of benzene rings is 1. The number of carbonyl (C=O) groups is 2. The Bertz CT molecular complexity index is 790. The van der Waals surface area contributed by atoms with Gasteiger partial charge in [-0.1, -0.05) is 6.07 Å². The Morgan fingerprint density at radius 1 is 1.08 bits per heavy atom. The summed E-state index contributed by atoms with van der Waals surface area (Å²) in [5.41, 5.74) is 3.09. The van der Waals surface area contributed by atoms with Crippen molar-refractivity contribution in [1.82, 2.24) is 9.80 Å². The number of hydrogen-bond acceptors (Lipinski definition) is 4. The molecule has 0 spiro atoms. The van der Waals surface area contributed by atoms with E-state index in [1.165, 1.54) is 6.26 Å². The van der Waals surface area contributed by atoms with E-state index in [2.05, 4.69) is 0 Å². The summed E-state index contributed by atoms with van der Waals surface area (Å²) in [6.07, 6.45) is 1.86. The van der Waals surface area contributed by atoms with E-state index in [-0.39, 0.29) is 11.8 Å². The molecular formula is C20H24N2O4. The number of amides is 2. The molecule has 1 saturated heterocycles. The van der Waals surface area contributed by atoms with Crippen molar-refractivity contribution in [2.45, 2.75) is 20.3 Å². The van der Waals surface area contributed by atoms with Gasteiger partial charge in [-0.2, -0.15) is 0 Å². The molecule has 6 nitrogen and oxygen atoms in total. The van der Waals surface area contributed by atoms with Crippen molar-refractivity contribution in [3.8, 4) is 5.75 Å². The van der Waals surface area contributed by atoms with Crippen molar-refractivity contribution in [2.24, 2.45) is 0 Å². The van der Waals surface area contributed by atoms with Crippen LogP contribution in [-0.2, 0) is 11.2 Å². The largest absolute Gasteiger partial charge is 0.496 e. The molecule has 2 amide bonds. The number of nitrogens with zero attached hydrogens (tertiary/aromatic N) is 2. The highest BCUT2D eigenvalue weighted by atomic mass is 16.5. The molecule has 0 bridgehead atoms. The zero-order valence-electron chi connectivity index (χ0n) is 15.4. The van der Waals surface area contributed by atoms with E-state index in [0.717, 1.165) is 22.4 Å². The zero-order valence-corrected chi connectivity index (χ0v) is 15.4. The molecule has 0 saturated carbocycles. The first-order valence-corrected chi connectivity index (χ1v) is 8.74. The van der Waals surface area contributed by atoms with Crippen LogP contribution in [0.15, 0.2) is 34.9 Å². The van der Waals surface area contributed by atoms with Crippen LogP contribution in [-0.4, -0.2) is 54.9 Å². The van der Waals surface area contributed by atoms with Gasteiger partial charge in [0.15, 0.2) is 5.76 Å². The van der Waals surface area contributed by atoms with Crippen LogP contribution in [0.3, 0.4) is 0 Å². The Morgan fingerprint density at radius 2 is 1.77 bits per heavy atom. The molecule has 0 N–H and O–H groups in total. The molecule has 0 radical (unpaired) electrons. The van der Waals surface area contributed by atoms with Crippen molar-refractivity contribution >= 4 is 11.8 Å². The maximum Gasteiger partial charge on any atom is 0.289 e. The highest BCUT2D eigenvalue weighted by molar-refractivity contribution is 5.91. The van der Waals surface area contributed by atoms with Gasteiger partial charge < -0.3 is 19.0 Å². The summed E-state index contributed by atoms with van der Waals surface area (Å²) in [6.45, 7) is 6.09. The van der Waals surface area contributed by atoms with Crippen LogP contribution >= 0.6 is 0 Å². The van der Waals surface area contributed by atoms with Crippen molar-refractivity contribution in [1.29, 1.82) is 0 Å². The summed E-state index contributed by atoms with van der Waals surface area (Å²) < 4.78 is 10.5. The summed E-state index contributed by atoms with van der Waals surface area (Å²) >= 11 is 0. The summed E-state index contributed by atoms with van der Waals surface area (Å²) in [5.74, 6) is 1.14. The zero-order chi connectivity index (χ0) is 18.7. The van der Waals surface area contributed by atoms with E-state index in [1.54, 1.807) is 24.1 Å². The van der Waals surface area contributed by atoms with Crippen LogP contribution in [0.4, 0.5) is 0 Å². The average molecular weight is 356 g/mol. The Morgan fingerprint density at radius 3 is 2.38 bits per heavy atom. The third-order valence-electron chi connectivity index (χ3n) is 4.85. The predicted molar refractivity (Wildman–Crippen MR) is 97.4 cm³/mol. The second-order valence-corrected chi connectivity index (χ2v) is 6.58. The normalized spacial score (nSPS) is 14.4. The van der Waals surface area contributed by atoms with Gasteiger partial charge >= 0.3 is 0 Å². The fraction of sp³-hybridized carbons (Fsp3) is 0.400. The van der Waals surface area contributed by atoms with Gasteiger partial charge in [0.1, 0.15) is 5.75 Å². The first-order chi connectivity index (χ1) is 12.5. The van der Waals surface area contributed by atoms with E-state index < -0.39 is 0 Å². The van der Waals surface area contributed by atoms with Gasteiger partial charge in [0, 0.05) is 26.2 Å². The summed E-state index contributed by atoms with van der Waals surface area (Å²) in [4.78, 5) is 28.5. The molecule has 138 valence electrons. The number of aryl methyl sites for hydroxylation is 2. The fourth-order valence-corrected chi connectivity index (χ4v) is 3.25. The molecule has 1 fully saturated rings. The van der Waals surface area contributed by atoms with Gasteiger partial charge in [0.05, 0.1) is 19.8 Å². The Hall–Kier alpha value is -2.76. The maximum absolute atomic E-state index is 12.7. The SMILES string of the molecule is COc1cc(C)c(CC(=O)N2CCN(C(=O)c3ccco3)CC2)cc1C. The lowest BCUT2D eigenvalue weighted by atomic mass is 10.0. The fourth-order valence-electron chi connectivity index (χ4n) is 3.25. The molecular weight excluding hydrogens is 332 g/mol. The van der Waals surface area contributed by atoms with Crippen LogP contribution in [0, 0.1) is 13.8 Å². The summed E-state index contributed by atoms with van der Waals surface area (Å²) in [6, 6.07) is 7.35. The lowest BCUT2D eigenvalue weighted by Gasteiger charge is -2.34. The van der Waals surface area contributed by atoms with Crippen molar-refractivity contribution < 1.29 is 18.7 Å². The highest BCUT2D eigenvalue weighted by Gasteiger charge is 2.26. The Labute approximate surface area is 153 Å². The van der Waals surface area contributed by atoms with Crippen LogP contribution in [0.1, 0.15) is 27.2 Å². The van der Waals surface area contributed by atoms with E-state index in [9.17, 15) is 9.59 Å². The lowest BCUT2D eigenvalue weighted by molar-refractivity contribution is -0.131. The minimum absolute atomic E-state index is 0.0859. The van der Waals surface area contributed by atoms with E-state index in [4.69, 9.17) is 9.15 Å². The smallest absolute Gasteiger partial charge is 0.289 e. The van der Waals surface area contributed by atoms with Crippen LogP contribution in [0.2, 0.25) is 0 Å². The minimum atomic E-state index is -0.122. The summed E-state index contributed by atoms with van der Waals surface area (Å²) in [7, 11) is 1.65. The number of methoxy groups -OCH3 is 1. The van der Waals surface area contributed by atoms with Crippen LogP contribution in [0.5, 0.6) is 5.75 Å². The summed E-state index contributed by atoms with van der Waals surface area (Å²) in [5, 5.41) is 0. The molecule has 26 heavy (non-hydrogen) atoms. The van der Waals surface area contributed by atoms with Gasteiger partial charge in [0.2, 0.25) is 5.91 Å². The maximum atomic E-state index is 12.7. The number of carbonyl (C=O) groups excluding carboxylic acids is 2. The first kappa shape index (κ1) is 18.0. The molecule has 0 unspecified atom stereocenters. The second-order valence-electron chi connectivity index (χ2n) is 6.58. The highest BCUT2D eigenvalue weighted by Crippen LogP contribution is 2.23. The van der Waals surface area contributed by atoms with Gasteiger partial charge in [-0.05, 0) is 48.7 Å². The van der Waals surface area contributed by atoms with Gasteiger partial charge in [-0.25, -0.2) is 0 Å². The number of rotatable bonds is 4. The third-order valence-corrected chi connectivity index (χ3v) is 4.85. The van der Waals surface area contributed by atoms with E-state index in [1.807, 2.05) is 30.9 Å². The molecule has 1 aliphatic heterocycles. The van der Waals surface area contributed by atoms with Crippen molar-refractivity contribution in [2.75, 3.05) is 33.3 Å². The number of piperazine rings is 1. The molecule has 3 rings (SSSR count). The monoisotopic (exact) mass is 356 g/mol. The first-order valence-electron chi connectivity index (χ1n) is 8.74. The molecule has 1 aliphatic rings. The van der Waals surface area contributed by atoms with Crippen LogP contribution < -0.4 is 4.74 Å². The van der Waals surface area contributed by atoms with Crippen LogP contribution in [0.25, 0.3) is 0 Å². The van der Waals surface area contributed by atoms with Crippen molar-refractivity contribution in [3.63, 3.8) is 0 Å². The van der Waals surface area contributed by atoms with Gasteiger partial charge in [-0.15, -0.1) is 0 Å². The quantitative estimate of drug-likeness (QED) is 0.844. The van der Waals surface area contributed by atoms with Gasteiger partial charge in [-0.3, -0.25) is 9.59 Å². The lowest BCUT2D eigenvalue weighted by Crippen LogP contribution is -2.51. The molecule has 2 aromatic rings. The standard InChI is InChI=1S/C20H24N2O4/c1-14-12-18(25-3)15(2)11-16(14)13-19(23)21-6-8-22(9-7-21)20(24)17-5-4-10-26-17/h4-5,10-12H,6-9,13H2,1-3H3. The molecule has 6 heteroatoms. The average Bonchev–Trinajstić information content (AvgIpc) is 3.18. The predicted octanol–water partition coefficient (Wildman–Crippen LogP) is 2.43. The Kier molecular flexibility index (Phi) is 5.30. The topological polar surface area (TPSA) is 63.0 Å². The number of furan rings is 1. The van der Waals surface area contributed by atoms with Gasteiger partial charge in [0.25, 0.3) is 5.91 Å². The van der Waals surface area contributed by atoms with E-state index >= 15 is 0 Å². The molecule has 0 aliphatic carbocycles. The molecule has 1 aromatic heterocycles. The number of hydrogen-bond donors (Lipinski definition) is 0. The molecule has 0 atom stereocenters.